The van der Waals surface area contributed by atoms with Gasteiger partial charge in [0.2, 0.25) is 0 Å². The molecule has 17 heteroatoms. The third kappa shape index (κ3) is 35.0. The molecule has 0 amide bonds. The van der Waals surface area contributed by atoms with Crippen molar-refractivity contribution in [2.24, 2.45) is 0 Å². The quantitative estimate of drug-likeness (QED) is 0.129. The molecule has 0 saturated heterocycles. The summed E-state index contributed by atoms with van der Waals surface area (Å²) in [6.07, 6.45) is 14.2. The lowest BCUT2D eigenvalue weighted by molar-refractivity contribution is 1.22. The molecule has 17 nitrogen and oxygen atoms in total. The topological polar surface area (TPSA) is 219 Å². The van der Waals surface area contributed by atoms with Crippen LogP contribution in [0.4, 0.5) is 0 Å². The van der Waals surface area contributed by atoms with Crippen LogP contribution >= 0.6 is 0 Å². The maximum atomic E-state index is 4.92. The number of aromatic nitrogens is 17. The zero-order valence-electron chi connectivity index (χ0n) is 91.0. The predicted octanol–water partition coefficient (Wildman–Crippen LogP) is 37.3. The molecule has 22 rings (SSSR count). The van der Waals surface area contributed by atoms with Crippen LogP contribution in [0.2, 0.25) is 0 Å². The van der Waals surface area contributed by atoms with E-state index in [0.29, 0.717) is 11.3 Å². The average Bonchev–Trinajstić information content (AvgIpc) is 0.766. The van der Waals surface area contributed by atoms with Crippen LogP contribution in [0.5, 0.6) is 0 Å². The molecule has 144 heavy (non-hydrogen) atoms. The molecule has 17 aromatic heterocycles. The summed E-state index contributed by atoms with van der Waals surface area (Å²) in [6, 6.07) is 110. The highest BCUT2D eigenvalue weighted by molar-refractivity contribution is 6.05. The van der Waals surface area contributed by atoms with E-state index in [4.69, 9.17) is 29.9 Å². The molecule has 0 unspecified atom stereocenters. The van der Waals surface area contributed by atoms with Crippen LogP contribution < -0.4 is 0 Å². The fourth-order valence-corrected chi connectivity index (χ4v) is 13.4. The van der Waals surface area contributed by atoms with E-state index in [1.165, 1.54) is 0 Å². The smallest absolute Gasteiger partial charge is 0.159 e. The maximum absolute atomic E-state index is 4.92. The van der Waals surface area contributed by atoms with Crippen LogP contribution in [-0.2, 0) is 0 Å². The number of pyridine rings is 17. The molecule has 17 heterocycles. The summed E-state index contributed by atoms with van der Waals surface area (Å²) in [6.45, 7) is 60.0. The molecular weight excluding hydrogens is 1760 g/mol. The summed E-state index contributed by atoms with van der Waals surface area (Å²) >= 11 is 0. The molecule has 746 valence electrons. The SMILES string of the molecule is CC.CC.CC.CC.CC.CC.CC.CC.CC.CC.CC.CC.CC.CC.CC.c1cc(-c2ccc3ccccc3n2)nc(-c2ccc3ccccc3n2)c1.c1cc(-c2ccc3cccnc3n2)nc(-c2ccc3cccnc3n2)c1.c1ccc(-c2ccc3ccc4cccnc4c3n2)nc1.c1ccc(-c2cccc(-c3ccccn3)n2)nc1.c1cnc2c(-c3ccc4ccc5cccnc5c4n3)cccc2c1. The first-order chi connectivity index (χ1) is 71.5. The highest BCUT2D eigenvalue weighted by Crippen LogP contribution is 2.33. The molecule has 0 saturated carbocycles. The monoisotopic (exact) mass is 1920 g/mol. The van der Waals surface area contributed by atoms with E-state index >= 15 is 0 Å². The van der Waals surface area contributed by atoms with Gasteiger partial charge in [0.15, 0.2) is 11.3 Å². The minimum atomic E-state index is 0.713. The second-order valence-electron chi connectivity index (χ2n) is 26.3. The van der Waals surface area contributed by atoms with Gasteiger partial charge in [-0.2, -0.15) is 0 Å². The number of fused-ring (bicyclic) bond motifs is 11. The van der Waals surface area contributed by atoms with Gasteiger partial charge in [0.1, 0.15) is 0 Å². The second kappa shape index (κ2) is 73.2. The van der Waals surface area contributed by atoms with Crippen LogP contribution in [-0.4, -0.2) is 84.7 Å². The zero-order valence-corrected chi connectivity index (χ0v) is 91.0. The zero-order chi connectivity index (χ0) is 106. The largest absolute Gasteiger partial charge is 0.256 e. The molecule has 0 aliphatic rings. The second-order valence-corrected chi connectivity index (χ2v) is 26.3. The minimum absolute atomic E-state index is 0.713. The average molecular weight is 1920 g/mol. The summed E-state index contributed by atoms with van der Waals surface area (Å²) in [5, 5.41) is 9.79. The summed E-state index contributed by atoms with van der Waals surface area (Å²) < 4.78 is 0. The molecular formula is C127H153N17. The van der Waals surface area contributed by atoms with Crippen molar-refractivity contribution in [2.75, 3.05) is 0 Å². The number of hydrogen-bond donors (Lipinski definition) is 0. The van der Waals surface area contributed by atoms with Crippen LogP contribution in [0.25, 0.3) is 189 Å². The Hall–Kier alpha value is -16.0. The van der Waals surface area contributed by atoms with Crippen molar-refractivity contribution < 1.29 is 0 Å². The normalized spacial score (nSPS) is 9.32. The Bertz CT molecular complexity index is 6780. The summed E-state index contributed by atoms with van der Waals surface area (Å²) in [5.74, 6) is 0. The Morgan fingerprint density at radius 3 is 0.660 bits per heavy atom. The molecule has 0 aliphatic carbocycles. The van der Waals surface area contributed by atoms with Crippen molar-refractivity contribution in [1.82, 2.24) is 84.7 Å². The Morgan fingerprint density at radius 1 is 0.111 bits per heavy atom. The first-order valence-electron chi connectivity index (χ1n) is 51.9. The Balaban J connectivity index is 0.000000435. The number of hydrogen-bond acceptors (Lipinski definition) is 17. The molecule has 0 fully saturated rings. The third-order valence-corrected chi connectivity index (χ3v) is 19.0. The van der Waals surface area contributed by atoms with Gasteiger partial charge in [-0.25, -0.2) is 54.8 Å². The predicted molar refractivity (Wildman–Crippen MR) is 626 cm³/mol. The van der Waals surface area contributed by atoms with Crippen molar-refractivity contribution in [3.05, 3.63) is 383 Å². The molecule has 22 aromatic rings. The van der Waals surface area contributed by atoms with Crippen molar-refractivity contribution in [2.45, 2.75) is 208 Å². The van der Waals surface area contributed by atoms with E-state index in [9.17, 15) is 0 Å². The van der Waals surface area contributed by atoms with E-state index in [0.717, 1.165) is 178 Å². The van der Waals surface area contributed by atoms with Crippen molar-refractivity contribution in [1.29, 1.82) is 0 Å². The summed E-state index contributed by atoms with van der Waals surface area (Å²) in [5.41, 5.74) is 21.8. The van der Waals surface area contributed by atoms with E-state index in [-0.39, 0.29) is 0 Å². The fraction of sp³-hybridized carbons (Fsp3) is 0.236. The van der Waals surface area contributed by atoms with Gasteiger partial charge in [0, 0.05) is 104 Å². The molecule has 0 aliphatic heterocycles. The first-order valence-corrected chi connectivity index (χ1v) is 51.9. The third-order valence-electron chi connectivity index (χ3n) is 19.0. The lowest BCUT2D eigenvalue weighted by Gasteiger charge is -2.08. The van der Waals surface area contributed by atoms with Crippen molar-refractivity contribution >= 4 is 98.4 Å². The van der Waals surface area contributed by atoms with Gasteiger partial charge in [-0.15, -0.1) is 0 Å². The molecule has 0 spiro atoms. The minimum Gasteiger partial charge on any atom is -0.256 e. The molecule has 0 bridgehead atoms. The van der Waals surface area contributed by atoms with Gasteiger partial charge < -0.3 is 0 Å². The standard InChI is InChI=1S/C23H15N3.C21H13N5.C21H13N3.C17H11N3.C15H11N3.15C2H6/c1-3-8-18-16(6-1)12-14-22(24-18)20-10-5-11-21(26-20)23-15-13-17-7-2-4-9-19(17)25-23;1-6-16(18-10-8-14-4-2-12-22-20(14)25-18)24-17(7-1)19-11-9-15-5-3-13-23-21(15)26-19;1-4-14-5-2-12-22-19(14)17(7-1)18-11-10-16-9-8-15-6-3-13-23-20(15)21(16)24-18;1-2-10-18-14(5-1)15-9-8-13-7-6-12-4-3-11-19-16(12)17(13)20-15;1-3-10-16-12(6-1)14-8-5-9-15(18-14)13-7-2-4-11-17-13;15*1-2/h1-15H;1-13H;1-13H;1-11H;1-11H;15*1-2H3. The van der Waals surface area contributed by atoms with Gasteiger partial charge in [-0.1, -0.05) is 365 Å². The van der Waals surface area contributed by atoms with E-state index in [1.807, 2.05) is 457 Å². The van der Waals surface area contributed by atoms with Gasteiger partial charge >= 0.3 is 0 Å². The van der Waals surface area contributed by atoms with Crippen LogP contribution in [0.3, 0.4) is 0 Å². The summed E-state index contributed by atoms with van der Waals surface area (Å²) in [7, 11) is 0. The molecule has 5 aromatic carbocycles. The maximum Gasteiger partial charge on any atom is 0.159 e. The Kier molecular flexibility index (Phi) is 62.1. The van der Waals surface area contributed by atoms with E-state index in [2.05, 4.69) is 152 Å². The molecule has 0 atom stereocenters. The number of rotatable bonds is 8. The molecule has 0 N–H and O–H groups in total. The highest BCUT2D eigenvalue weighted by Gasteiger charge is 2.15. The van der Waals surface area contributed by atoms with E-state index < -0.39 is 0 Å². The van der Waals surface area contributed by atoms with E-state index in [1.54, 1.807) is 37.2 Å². The molecule has 0 radical (unpaired) electrons. The number of para-hydroxylation sites is 3. The van der Waals surface area contributed by atoms with Gasteiger partial charge in [0.25, 0.3) is 0 Å². The van der Waals surface area contributed by atoms with Crippen LogP contribution in [0.1, 0.15) is 208 Å². The Labute approximate surface area is 859 Å². The van der Waals surface area contributed by atoms with Gasteiger partial charge in [-0.3, -0.25) is 29.9 Å². The van der Waals surface area contributed by atoms with Gasteiger partial charge in [-0.05, 0) is 176 Å². The summed E-state index contributed by atoms with van der Waals surface area (Å²) in [4.78, 5) is 77.7. The van der Waals surface area contributed by atoms with Crippen LogP contribution in [0, 0.1) is 0 Å². The van der Waals surface area contributed by atoms with Gasteiger partial charge in [0.05, 0.1) is 124 Å². The highest BCUT2D eigenvalue weighted by atomic mass is 14.9. The lowest BCUT2D eigenvalue weighted by atomic mass is 10.0. The van der Waals surface area contributed by atoms with Crippen molar-refractivity contribution in [3.63, 3.8) is 0 Å². The number of benzene rings is 5. The lowest BCUT2D eigenvalue weighted by Crippen LogP contribution is -1.94. The number of nitrogens with zero attached hydrogens (tertiary/aromatic N) is 17. The van der Waals surface area contributed by atoms with Crippen LogP contribution in [0.15, 0.2) is 383 Å². The van der Waals surface area contributed by atoms with Crippen molar-refractivity contribution in [3.8, 4) is 91.0 Å². The fourth-order valence-electron chi connectivity index (χ4n) is 13.4. The Morgan fingerprint density at radius 2 is 0.319 bits per heavy atom. The first kappa shape index (κ1) is 122.